The average Bonchev–Trinajstić information content (AvgIpc) is 3.31. The van der Waals surface area contributed by atoms with Crippen molar-refractivity contribution < 1.29 is 0 Å². The van der Waals surface area contributed by atoms with Crippen LogP contribution < -0.4 is 4.90 Å². The van der Waals surface area contributed by atoms with Gasteiger partial charge in [0.05, 0.1) is 18.1 Å². The third-order valence-corrected chi connectivity index (χ3v) is 5.72. The Morgan fingerprint density at radius 1 is 1.04 bits per heavy atom. The highest BCUT2D eigenvalue weighted by molar-refractivity contribution is 5.83. The normalized spacial score (nSPS) is 15.4. The van der Waals surface area contributed by atoms with Gasteiger partial charge in [-0.15, -0.1) is 0 Å². The van der Waals surface area contributed by atoms with Gasteiger partial charge in [-0.05, 0) is 50.3 Å². The molecule has 5 rings (SSSR count). The summed E-state index contributed by atoms with van der Waals surface area (Å²) >= 11 is 0. The lowest BCUT2D eigenvalue weighted by molar-refractivity contribution is 0.504. The summed E-state index contributed by atoms with van der Waals surface area (Å²) in [7, 11) is 0. The molecule has 0 saturated carbocycles. The van der Waals surface area contributed by atoms with Gasteiger partial charge in [0.25, 0.3) is 0 Å². The lowest BCUT2D eigenvalue weighted by Crippen LogP contribution is -2.33. The first-order chi connectivity index (χ1) is 13.7. The SMILES string of the molecule is Cc1cc(C)n(-c2cncc(N3CCC(c4c[nH]c5ccccc45)CC3)n2)n1. The molecule has 6 nitrogen and oxygen atoms in total. The van der Waals surface area contributed by atoms with Crippen LogP contribution in [0, 0.1) is 13.8 Å². The van der Waals surface area contributed by atoms with Crippen LogP contribution >= 0.6 is 0 Å². The predicted molar refractivity (Wildman–Crippen MR) is 111 cm³/mol. The molecular formula is C22H24N6. The van der Waals surface area contributed by atoms with Gasteiger partial charge in [-0.3, -0.25) is 4.98 Å². The van der Waals surface area contributed by atoms with Gasteiger partial charge in [0, 0.05) is 35.9 Å². The van der Waals surface area contributed by atoms with Crippen molar-refractivity contribution in [1.29, 1.82) is 0 Å². The van der Waals surface area contributed by atoms with Gasteiger partial charge < -0.3 is 9.88 Å². The van der Waals surface area contributed by atoms with E-state index < -0.39 is 0 Å². The number of aromatic nitrogens is 5. The molecule has 4 aromatic rings. The number of H-pyrrole nitrogens is 1. The first kappa shape index (κ1) is 17.0. The second kappa shape index (κ2) is 6.78. The summed E-state index contributed by atoms with van der Waals surface area (Å²) in [6.45, 7) is 6.01. The monoisotopic (exact) mass is 372 g/mol. The van der Waals surface area contributed by atoms with Crippen molar-refractivity contribution in [2.75, 3.05) is 18.0 Å². The van der Waals surface area contributed by atoms with Crippen LogP contribution in [0.5, 0.6) is 0 Å². The summed E-state index contributed by atoms with van der Waals surface area (Å²) in [5.41, 5.74) is 4.73. The number of fused-ring (bicyclic) bond motifs is 1. The van der Waals surface area contributed by atoms with Crippen molar-refractivity contribution in [2.45, 2.75) is 32.6 Å². The molecule has 1 aliphatic rings. The summed E-state index contributed by atoms with van der Waals surface area (Å²) in [5, 5.41) is 5.89. The largest absolute Gasteiger partial charge is 0.361 e. The van der Waals surface area contributed by atoms with Crippen molar-refractivity contribution in [2.24, 2.45) is 0 Å². The molecule has 0 aliphatic carbocycles. The summed E-state index contributed by atoms with van der Waals surface area (Å²) in [5.74, 6) is 2.30. The molecular weight excluding hydrogens is 348 g/mol. The Morgan fingerprint density at radius 3 is 2.61 bits per heavy atom. The minimum atomic E-state index is 0.583. The quantitative estimate of drug-likeness (QED) is 0.587. The molecule has 1 aliphatic heterocycles. The first-order valence-electron chi connectivity index (χ1n) is 9.86. The maximum Gasteiger partial charge on any atom is 0.174 e. The maximum absolute atomic E-state index is 4.84. The van der Waals surface area contributed by atoms with Crippen LogP contribution in [-0.2, 0) is 0 Å². The van der Waals surface area contributed by atoms with Crippen molar-refractivity contribution >= 4 is 16.7 Å². The van der Waals surface area contributed by atoms with Crippen LogP contribution in [0.1, 0.15) is 35.7 Å². The van der Waals surface area contributed by atoms with Gasteiger partial charge in [0.15, 0.2) is 5.82 Å². The Bertz CT molecular complexity index is 1120. The van der Waals surface area contributed by atoms with Crippen molar-refractivity contribution in [1.82, 2.24) is 24.7 Å². The van der Waals surface area contributed by atoms with Gasteiger partial charge in [-0.2, -0.15) is 5.10 Å². The number of hydrogen-bond donors (Lipinski definition) is 1. The van der Waals surface area contributed by atoms with E-state index in [0.29, 0.717) is 5.92 Å². The molecule has 142 valence electrons. The number of aromatic amines is 1. The molecule has 28 heavy (non-hydrogen) atoms. The highest BCUT2D eigenvalue weighted by atomic mass is 15.3. The highest BCUT2D eigenvalue weighted by Gasteiger charge is 2.24. The Labute approximate surface area is 164 Å². The lowest BCUT2D eigenvalue weighted by atomic mass is 9.89. The smallest absolute Gasteiger partial charge is 0.174 e. The zero-order valence-electron chi connectivity index (χ0n) is 16.3. The molecule has 6 heteroatoms. The van der Waals surface area contributed by atoms with E-state index in [9.17, 15) is 0 Å². The van der Waals surface area contributed by atoms with E-state index in [1.165, 1.54) is 16.5 Å². The number of anilines is 1. The van der Waals surface area contributed by atoms with Gasteiger partial charge in [0.2, 0.25) is 0 Å². The van der Waals surface area contributed by atoms with Gasteiger partial charge in [-0.1, -0.05) is 18.2 Å². The van der Waals surface area contributed by atoms with Crippen LogP contribution in [0.3, 0.4) is 0 Å². The van der Waals surface area contributed by atoms with Crippen molar-refractivity contribution in [3.8, 4) is 5.82 Å². The minimum Gasteiger partial charge on any atom is -0.361 e. The number of hydrogen-bond acceptors (Lipinski definition) is 4. The topological polar surface area (TPSA) is 62.6 Å². The van der Waals surface area contributed by atoms with Crippen LogP contribution in [0.25, 0.3) is 16.7 Å². The Balaban J connectivity index is 1.34. The lowest BCUT2D eigenvalue weighted by Gasteiger charge is -2.32. The Kier molecular flexibility index (Phi) is 4.11. The zero-order valence-corrected chi connectivity index (χ0v) is 16.3. The Hall–Kier alpha value is -3.15. The van der Waals surface area contributed by atoms with Gasteiger partial charge in [0.1, 0.15) is 5.82 Å². The van der Waals surface area contributed by atoms with E-state index in [0.717, 1.165) is 49.0 Å². The number of piperidine rings is 1. The standard InChI is InChI=1S/C22H24N6/c1-15-11-16(2)28(26-15)22-14-23-13-21(25-22)27-9-7-17(8-10-27)19-12-24-20-6-4-3-5-18(19)20/h3-6,11-14,17,24H,7-10H2,1-2H3. The summed E-state index contributed by atoms with van der Waals surface area (Å²) in [6, 6.07) is 10.6. The fraction of sp³-hybridized carbons (Fsp3) is 0.318. The first-order valence-corrected chi connectivity index (χ1v) is 9.86. The van der Waals surface area contributed by atoms with E-state index >= 15 is 0 Å². The summed E-state index contributed by atoms with van der Waals surface area (Å²) < 4.78 is 1.87. The molecule has 1 saturated heterocycles. The second-order valence-corrected chi connectivity index (χ2v) is 7.63. The molecule has 0 unspecified atom stereocenters. The van der Waals surface area contributed by atoms with Crippen molar-refractivity contribution in [3.05, 3.63) is 65.9 Å². The number of rotatable bonds is 3. The molecule has 1 fully saturated rings. The summed E-state index contributed by atoms with van der Waals surface area (Å²) in [4.78, 5) is 15.0. The molecule has 0 bridgehead atoms. The number of nitrogens with zero attached hydrogens (tertiary/aromatic N) is 5. The molecule has 3 aromatic heterocycles. The second-order valence-electron chi connectivity index (χ2n) is 7.63. The van der Waals surface area contributed by atoms with Gasteiger partial charge in [-0.25, -0.2) is 9.67 Å². The molecule has 0 atom stereocenters. The molecule has 4 heterocycles. The molecule has 1 aromatic carbocycles. The van der Waals surface area contributed by atoms with Gasteiger partial charge >= 0.3 is 0 Å². The van der Waals surface area contributed by atoms with E-state index in [1.807, 2.05) is 24.7 Å². The summed E-state index contributed by atoms with van der Waals surface area (Å²) in [6.07, 6.45) is 8.07. The zero-order chi connectivity index (χ0) is 19.1. The maximum atomic E-state index is 4.84. The highest BCUT2D eigenvalue weighted by Crippen LogP contribution is 2.34. The van der Waals surface area contributed by atoms with Crippen molar-refractivity contribution in [3.63, 3.8) is 0 Å². The fourth-order valence-electron chi connectivity index (χ4n) is 4.31. The predicted octanol–water partition coefficient (Wildman–Crippen LogP) is 4.14. The third kappa shape index (κ3) is 2.95. The number of para-hydroxylation sites is 1. The van der Waals surface area contributed by atoms with E-state index in [-0.39, 0.29) is 0 Å². The number of nitrogens with one attached hydrogen (secondary N) is 1. The third-order valence-electron chi connectivity index (χ3n) is 5.72. The van der Waals surface area contributed by atoms with Crippen LogP contribution in [0.4, 0.5) is 5.82 Å². The fourth-order valence-corrected chi connectivity index (χ4v) is 4.31. The van der Waals surface area contributed by atoms with E-state index in [1.54, 1.807) is 6.20 Å². The molecule has 0 amide bonds. The molecule has 0 spiro atoms. The minimum absolute atomic E-state index is 0.583. The number of benzene rings is 1. The van der Waals surface area contributed by atoms with E-state index in [2.05, 4.69) is 56.5 Å². The molecule has 1 N–H and O–H groups in total. The average molecular weight is 372 g/mol. The van der Waals surface area contributed by atoms with Crippen LogP contribution in [0.2, 0.25) is 0 Å². The Morgan fingerprint density at radius 2 is 1.82 bits per heavy atom. The molecule has 0 radical (unpaired) electrons. The van der Waals surface area contributed by atoms with E-state index in [4.69, 9.17) is 4.98 Å². The number of aryl methyl sites for hydroxylation is 2. The van der Waals surface area contributed by atoms with Crippen LogP contribution in [-0.4, -0.2) is 37.8 Å². The van der Waals surface area contributed by atoms with Crippen LogP contribution in [0.15, 0.2) is 48.9 Å².